The van der Waals surface area contributed by atoms with E-state index in [1.807, 2.05) is 0 Å². The molecule has 0 aliphatic carbocycles. The average Bonchev–Trinajstić information content (AvgIpc) is 3.08. The molecule has 0 saturated carbocycles. The molecular weight excluding hydrogens is 300 g/mol. The summed E-state index contributed by atoms with van der Waals surface area (Å²) in [5, 5.41) is 0. The second-order valence-corrected chi connectivity index (χ2v) is 7.85. The molecule has 3 aliphatic rings. The maximum atomic E-state index is 12.8. The molecule has 3 fully saturated rings. The van der Waals surface area contributed by atoms with Gasteiger partial charge in [-0.15, -0.1) is 0 Å². The largest absolute Gasteiger partial charge is 0.381 e. The van der Waals surface area contributed by atoms with Crippen LogP contribution in [0.4, 0.5) is 0 Å². The van der Waals surface area contributed by atoms with E-state index in [0.717, 1.165) is 51.9 Å². The Hall–Kier alpha value is -1.39. The number of hydrogen-bond donors (Lipinski definition) is 0. The minimum Gasteiger partial charge on any atom is -0.381 e. The average molecular weight is 328 g/mol. The SMILES string of the molecule is Cc1cccc(CN2C[C@@H]3CN(CC4CCOCC4)C[C@@H]3C2=O)c1. The predicted molar refractivity (Wildman–Crippen MR) is 93.6 cm³/mol. The van der Waals surface area contributed by atoms with E-state index >= 15 is 0 Å². The van der Waals surface area contributed by atoms with Crippen molar-refractivity contribution in [1.29, 1.82) is 0 Å². The van der Waals surface area contributed by atoms with Gasteiger partial charge < -0.3 is 14.5 Å². The van der Waals surface area contributed by atoms with Crippen LogP contribution in [0.5, 0.6) is 0 Å². The van der Waals surface area contributed by atoms with Crippen LogP contribution in [0, 0.1) is 24.7 Å². The zero-order chi connectivity index (χ0) is 16.5. The molecule has 3 saturated heterocycles. The maximum Gasteiger partial charge on any atom is 0.227 e. The Kier molecular flexibility index (Phi) is 4.59. The highest BCUT2D eigenvalue weighted by atomic mass is 16.5. The molecule has 3 aliphatic heterocycles. The second kappa shape index (κ2) is 6.85. The zero-order valence-corrected chi connectivity index (χ0v) is 14.6. The molecule has 0 N–H and O–H groups in total. The lowest BCUT2D eigenvalue weighted by molar-refractivity contribution is -0.131. The monoisotopic (exact) mass is 328 g/mol. The van der Waals surface area contributed by atoms with E-state index in [0.29, 0.717) is 11.8 Å². The number of rotatable bonds is 4. The third-order valence-corrected chi connectivity index (χ3v) is 5.91. The minimum atomic E-state index is 0.231. The van der Waals surface area contributed by atoms with Crippen molar-refractivity contribution < 1.29 is 9.53 Å². The lowest BCUT2D eigenvalue weighted by Gasteiger charge is -2.28. The zero-order valence-electron chi connectivity index (χ0n) is 14.6. The summed E-state index contributed by atoms with van der Waals surface area (Å²) in [6, 6.07) is 8.52. The van der Waals surface area contributed by atoms with Gasteiger partial charge in [0.05, 0.1) is 5.92 Å². The lowest BCUT2D eigenvalue weighted by atomic mass is 10.00. The first-order valence-corrected chi connectivity index (χ1v) is 9.33. The highest BCUT2D eigenvalue weighted by Crippen LogP contribution is 2.34. The van der Waals surface area contributed by atoms with Gasteiger partial charge in [-0.3, -0.25) is 4.79 Å². The number of nitrogens with zero attached hydrogens (tertiary/aromatic N) is 2. The summed E-state index contributed by atoms with van der Waals surface area (Å²) in [5.74, 6) is 1.89. The molecule has 4 rings (SSSR count). The Morgan fingerprint density at radius 2 is 2.00 bits per heavy atom. The van der Waals surface area contributed by atoms with Gasteiger partial charge in [-0.1, -0.05) is 29.8 Å². The molecule has 0 spiro atoms. The quantitative estimate of drug-likeness (QED) is 0.850. The van der Waals surface area contributed by atoms with Crippen molar-refractivity contribution in [2.24, 2.45) is 17.8 Å². The molecule has 0 aromatic heterocycles. The van der Waals surface area contributed by atoms with Gasteiger partial charge in [0.1, 0.15) is 0 Å². The topological polar surface area (TPSA) is 32.8 Å². The summed E-state index contributed by atoms with van der Waals surface area (Å²) in [4.78, 5) is 17.4. The molecular formula is C20H28N2O2. The first-order chi connectivity index (χ1) is 11.7. The molecule has 130 valence electrons. The summed E-state index contributed by atoms with van der Waals surface area (Å²) in [6.07, 6.45) is 2.36. The molecule has 0 bridgehead atoms. The third-order valence-electron chi connectivity index (χ3n) is 5.91. The van der Waals surface area contributed by atoms with Crippen LogP contribution in [-0.2, 0) is 16.1 Å². The summed E-state index contributed by atoms with van der Waals surface area (Å²) >= 11 is 0. The summed E-state index contributed by atoms with van der Waals surface area (Å²) in [7, 11) is 0. The van der Waals surface area contributed by atoms with Crippen molar-refractivity contribution in [2.45, 2.75) is 26.3 Å². The van der Waals surface area contributed by atoms with Crippen molar-refractivity contribution in [2.75, 3.05) is 39.4 Å². The van der Waals surface area contributed by atoms with Gasteiger partial charge in [-0.2, -0.15) is 0 Å². The molecule has 1 amide bonds. The fraction of sp³-hybridized carbons (Fsp3) is 0.650. The number of carbonyl (C=O) groups excluding carboxylic acids is 1. The number of amides is 1. The van der Waals surface area contributed by atoms with Crippen molar-refractivity contribution >= 4 is 5.91 Å². The number of ether oxygens (including phenoxy) is 1. The first kappa shape index (κ1) is 16.1. The third kappa shape index (κ3) is 3.35. The Morgan fingerprint density at radius 1 is 1.17 bits per heavy atom. The van der Waals surface area contributed by atoms with Gasteiger partial charge in [0, 0.05) is 51.9 Å². The van der Waals surface area contributed by atoms with E-state index in [4.69, 9.17) is 4.74 Å². The van der Waals surface area contributed by atoms with E-state index in [9.17, 15) is 4.79 Å². The summed E-state index contributed by atoms with van der Waals surface area (Å²) in [6.45, 7) is 8.85. The Bertz CT molecular complexity index is 597. The Morgan fingerprint density at radius 3 is 2.75 bits per heavy atom. The summed E-state index contributed by atoms with van der Waals surface area (Å²) < 4.78 is 5.46. The number of likely N-dealkylation sites (tertiary alicyclic amines) is 2. The molecule has 1 aromatic rings. The van der Waals surface area contributed by atoms with Crippen molar-refractivity contribution in [3.63, 3.8) is 0 Å². The van der Waals surface area contributed by atoms with Crippen molar-refractivity contribution in [3.8, 4) is 0 Å². The number of hydrogen-bond acceptors (Lipinski definition) is 3. The highest BCUT2D eigenvalue weighted by Gasteiger charge is 2.46. The Labute approximate surface area is 144 Å². The van der Waals surface area contributed by atoms with E-state index < -0.39 is 0 Å². The lowest BCUT2D eigenvalue weighted by Crippen LogP contribution is -2.35. The minimum absolute atomic E-state index is 0.231. The molecule has 0 unspecified atom stereocenters. The smallest absolute Gasteiger partial charge is 0.227 e. The Balaban J connectivity index is 1.32. The summed E-state index contributed by atoms with van der Waals surface area (Å²) in [5.41, 5.74) is 2.52. The van der Waals surface area contributed by atoms with E-state index in [2.05, 4.69) is 41.0 Å². The maximum absolute atomic E-state index is 12.8. The van der Waals surface area contributed by atoms with Crippen LogP contribution >= 0.6 is 0 Å². The van der Waals surface area contributed by atoms with Gasteiger partial charge in [-0.05, 0) is 31.2 Å². The van der Waals surface area contributed by atoms with Crippen LogP contribution < -0.4 is 0 Å². The number of carbonyl (C=O) groups is 1. The predicted octanol–water partition coefficient (Wildman–Crippen LogP) is 2.31. The van der Waals surface area contributed by atoms with Crippen LogP contribution in [0.1, 0.15) is 24.0 Å². The van der Waals surface area contributed by atoms with Crippen LogP contribution in [0.15, 0.2) is 24.3 Å². The molecule has 2 atom stereocenters. The van der Waals surface area contributed by atoms with Crippen molar-refractivity contribution in [3.05, 3.63) is 35.4 Å². The van der Waals surface area contributed by atoms with Crippen LogP contribution in [0.3, 0.4) is 0 Å². The molecule has 1 aromatic carbocycles. The second-order valence-electron chi connectivity index (χ2n) is 7.85. The standard InChI is InChI=1S/C20H28N2O2/c1-15-3-2-4-17(9-15)11-22-13-18-12-21(14-19(18)20(22)23)10-16-5-7-24-8-6-16/h2-4,9,16,18-19H,5-8,10-14H2,1H3/t18-,19-/m0/s1. The molecule has 3 heterocycles. The van der Waals surface area contributed by atoms with E-state index in [1.54, 1.807) is 0 Å². The van der Waals surface area contributed by atoms with E-state index in [1.165, 1.54) is 24.0 Å². The number of fused-ring (bicyclic) bond motifs is 1. The highest BCUT2D eigenvalue weighted by molar-refractivity contribution is 5.82. The fourth-order valence-electron chi connectivity index (χ4n) is 4.65. The molecule has 0 radical (unpaired) electrons. The van der Waals surface area contributed by atoms with Crippen LogP contribution in [-0.4, -0.2) is 55.1 Å². The number of aryl methyl sites for hydroxylation is 1. The molecule has 4 nitrogen and oxygen atoms in total. The van der Waals surface area contributed by atoms with Gasteiger partial charge >= 0.3 is 0 Å². The van der Waals surface area contributed by atoms with Gasteiger partial charge in [0.15, 0.2) is 0 Å². The van der Waals surface area contributed by atoms with Gasteiger partial charge in [0.2, 0.25) is 5.91 Å². The molecule has 4 heteroatoms. The first-order valence-electron chi connectivity index (χ1n) is 9.33. The normalized spacial score (nSPS) is 28.5. The van der Waals surface area contributed by atoms with Crippen LogP contribution in [0.25, 0.3) is 0 Å². The van der Waals surface area contributed by atoms with Crippen LogP contribution in [0.2, 0.25) is 0 Å². The van der Waals surface area contributed by atoms with Crippen molar-refractivity contribution in [1.82, 2.24) is 9.80 Å². The number of benzene rings is 1. The van der Waals surface area contributed by atoms with E-state index in [-0.39, 0.29) is 5.92 Å². The van der Waals surface area contributed by atoms with Gasteiger partial charge in [-0.25, -0.2) is 0 Å². The fourth-order valence-corrected chi connectivity index (χ4v) is 4.65. The van der Waals surface area contributed by atoms with Gasteiger partial charge in [0.25, 0.3) is 0 Å². The molecule has 24 heavy (non-hydrogen) atoms.